The molecule has 5 heteroatoms. The van der Waals surface area contributed by atoms with Crippen LogP contribution in [0.5, 0.6) is 11.5 Å². The van der Waals surface area contributed by atoms with Crippen molar-refractivity contribution in [2.24, 2.45) is 0 Å². The van der Waals surface area contributed by atoms with Crippen molar-refractivity contribution in [3.05, 3.63) is 23.8 Å². The largest absolute Gasteiger partial charge is 0.490 e. The van der Waals surface area contributed by atoms with Gasteiger partial charge in [0.1, 0.15) is 0 Å². The Morgan fingerprint density at radius 1 is 1.23 bits per heavy atom. The quantitative estimate of drug-likeness (QED) is 0.812. The predicted octanol–water partition coefficient (Wildman–Crippen LogP) is 2.36. The lowest BCUT2D eigenvalue weighted by Crippen LogP contribution is -2.42. The molecule has 1 amide bonds. The third kappa shape index (κ3) is 4.63. The molecule has 1 aliphatic heterocycles. The zero-order chi connectivity index (χ0) is 15.8. The Bertz CT molecular complexity index is 485. The lowest BCUT2D eigenvalue weighted by Gasteiger charge is -2.23. The van der Waals surface area contributed by atoms with E-state index >= 15 is 0 Å². The van der Waals surface area contributed by atoms with E-state index in [1.165, 1.54) is 0 Å². The Morgan fingerprint density at radius 2 is 2.00 bits per heavy atom. The van der Waals surface area contributed by atoms with Crippen LogP contribution >= 0.6 is 0 Å². The molecule has 0 aromatic heterocycles. The molecular formula is C17H26N2O3. The summed E-state index contributed by atoms with van der Waals surface area (Å²) in [5, 5.41) is 6.38. The van der Waals surface area contributed by atoms with Gasteiger partial charge < -0.3 is 20.1 Å². The number of rotatable bonds is 7. The van der Waals surface area contributed by atoms with Crippen molar-refractivity contribution in [3.8, 4) is 11.5 Å². The van der Waals surface area contributed by atoms with E-state index in [1.54, 1.807) is 12.1 Å². The van der Waals surface area contributed by atoms with Gasteiger partial charge >= 0.3 is 0 Å². The Hall–Kier alpha value is -1.75. The zero-order valence-electron chi connectivity index (χ0n) is 13.5. The molecule has 5 nitrogen and oxygen atoms in total. The topological polar surface area (TPSA) is 59.6 Å². The summed E-state index contributed by atoms with van der Waals surface area (Å²) in [6.07, 6.45) is 2.88. The average Bonchev–Trinajstić information content (AvgIpc) is 2.55. The van der Waals surface area contributed by atoms with Crippen molar-refractivity contribution in [1.29, 1.82) is 0 Å². The van der Waals surface area contributed by atoms with Gasteiger partial charge in [-0.25, -0.2) is 0 Å². The van der Waals surface area contributed by atoms with Crippen LogP contribution in [0.25, 0.3) is 0 Å². The highest BCUT2D eigenvalue weighted by atomic mass is 16.5. The molecule has 1 heterocycles. The summed E-state index contributed by atoms with van der Waals surface area (Å²) in [4.78, 5) is 12.4. The van der Waals surface area contributed by atoms with E-state index in [4.69, 9.17) is 9.47 Å². The minimum Gasteiger partial charge on any atom is -0.490 e. The van der Waals surface area contributed by atoms with E-state index in [0.29, 0.717) is 30.3 Å². The van der Waals surface area contributed by atoms with E-state index in [-0.39, 0.29) is 11.9 Å². The van der Waals surface area contributed by atoms with Gasteiger partial charge in [0.25, 0.3) is 5.91 Å². The first-order chi connectivity index (χ1) is 10.7. The van der Waals surface area contributed by atoms with Crippen molar-refractivity contribution in [3.63, 3.8) is 0 Å². The van der Waals surface area contributed by atoms with Crippen molar-refractivity contribution in [1.82, 2.24) is 10.6 Å². The van der Waals surface area contributed by atoms with Gasteiger partial charge in [0, 0.05) is 11.6 Å². The number of amides is 1. The maximum Gasteiger partial charge on any atom is 0.251 e. The molecule has 2 N–H and O–H groups in total. The third-order valence-corrected chi connectivity index (χ3v) is 3.64. The molecule has 1 aliphatic rings. The number of hydrogen-bond acceptors (Lipinski definition) is 4. The van der Waals surface area contributed by atoms with Crippen LogP contribution in [0.3, 0.4) is 0 Å². The third-order valence-electron chi connectivity index (χ3n) is 3.64. The molecule has 0 radical (unpaired) electrons. The van der Waals surface area contributed by atoms with Gasteiger partial charge in [-0.05, 0) is 57.5 Å². The van der Waals surface area contributed by atoms with Crippen molar-refractivity contribution in [2.45, 2.75) is 39.2 Å². The van der Waals surface area contributed by atoms with Gasteiger partial charge in [-0.3, -0.25) is 4.79 Å². The average molecular weight is 306 g/mol. The van der Waals surface area contributed by atoms with Gasteiger partial charge in [0.15, 0.2) is 11.5 Å². The van der Waals surface area contributed by atoms with Gasteiger partial charge in [0.2, 0.25) is 0 Å². The highest BCUT2D eigenvalue weighted by Crippen LogP contribution is 2.28. The Morgan fingerprint density at radius 3 is 2.68 bits per heavy atom. The number of piperidine rings is 1. The van der Waals surface area contributed by atoms with E-state index in [1.807, 2.05) is 13.0 Å². The van der Waals surface area contributed by atoms with E-state index in [9.17, 15) is 4.79 Å². The fraction of sp³-hybridized carbons (Fsp3) is 0.588. The first-order valence-corrected chi connectivity index (χ1v) is 8.15. The van der Waals surface area contributed by atoms with Crippen molar-refractivity contribution < 1.29 is 14.3 Å². The highest BCUT2D eigenvalue weighted by molar-refractivity contribution is 5.95. The van der Waals surface area contributed by atoms with Crippen molar-refractivity contribution >= 4 is 5.91 Å². The first kappa shape index (κ1) is 16.6. The number of carbonyl (C=O) groups is 1. The number of nitrogens with one attached hydrogen (secondary N) is 2. The second-order valence-electron chi connectivity index (χ2n) is 5.44. The van der Waals surface area contributed by atoms with E-state index in [0.717, 1.165) is 32.4 Å². The number of benzene rings is 1. The van der Waals surface area contributed by atoms with Gasteiger partial charge in [-0.15, -0.1) is 0 Å². The summed E-state index contributed by atoms with van der Waals surface area (Å²) >= 11 is 0. The Balaban J connectivity index is 2.05. The molecule has 0 atom stereocenters. The van der Waals surface area contributed by atoms with Crippen LogP contribution in [0.1, 0.15) is 43.5 Å². The Kier molecular flexibility index (Phi) is 6.52. The normalized spacial score (nSPS) is 15.4. The minimum absolute atomic E-state index is 0.0464. The van der Waals surface area contributed by atoms with Crippen LogP contribution < -0.4 is 20.1 Å². The van der Waals surface area contributed by atoms with Gasteiger partial charge in [-0.1, -0.05) is 6.92 Å². The number of carbonyl (C=O) groups excluding carboxylic acids is 1. The molecule has 22 heavy (non-hydrogen) atoms. The van der Waals surface area contributed by atoms with Crippen LogP contribution in [0.15, 0.2) is 18.2 Å². The molecule has 2 rings (SSSR count). The number of hydrogen-bond donors (Lipinski definition) is 2. The lowest BCUT2D eigenvalue weighted by molar-refractivity contribution is 0.0929. The molecular weight excluding hydrogens is 280 g/mol. The summed E-state index contributed by atoms with van der Waals surface area (Å²) in [5.74, 6) is 1.28. The molecule has 1 aromatic rings. The summed E-state index contributed by atoms with van der Waals surface area (Å²) in [7, 11) is 0. The summed E-state index contributed by atoms with van der Waals surface area (Å²) in [5.41, 5.74) is 0.617. The molecule has 1 aromatic carbocycles. The highest BCUT2D eigenvalue weighted by Gasteiger charge is 2.17. The summed E-state index contributed by atoms with van der Waals surface area (Å²) in [6.45, 7) is 7.08. The van der Waals surface area contributed by atoms with Crippen molar-refractivity contribution in [2.75, 3.05) is 26.3 Å². The fourth-order valence-corrected chi connectivity index (χ4v) is 2.48. The SMILES string of the molecule is CCCOc1ccc(C(=O)NC2CCNCC2)cc1OCC. The van der Waals surface area contributed by atoms with Crippen LogP contribution in [0, 0.1) is 0 Å². The summed E-state index contributed by atoms with van der Waals surface area (Å²) in [6, 6.07) is 5.63. The molecule has 0 saturated carbocycles. The summed E-state index contributed by atoms with van der Waals surface area (Å²) < 4.78 is 11.3. The van der Waals surface area contributed by atoms with E-state index < -0.39 is 0 Å². The standard InChI is InChI=1S/C17H26N2O3/c1-3-11-22-15-6-5-13(12-16(15)21-4-2)17(20)19-14-7-9-18-10-8-14/h5-6,12,14,18H,3-4,7-11H2,1-2H3,(H,19,20). The molecule has 1 saturated heterocycles. The number of ether oxygens (including phenoxy) is 2. The van der Waals surface area contributed by atoms with Crippen LogP contribution in [-0.4, -0.2) is 38.3 Å². The maximum atomic E-state index is 12.4. The van der Waals surface area contributed by atoms with Crippen LogP contribution in [-0.2, 0) is 0 Å². The van der Waals surface area contributed by atoms with Crippen LogP contribution in [0.2, 0.25) is 0 Å². The smallest absolute Gasteiger partial charge is 0.251 e. The second kappa shape index (κ2) is 8.63. The predicted molar refractivity (Wildman–Crippen MR) is 86.8 cm³/mol. The fourth-order valence-electron chi connectivity index (χ4n) is 2.48. The minimum atomic E-state index is -0.0464. The molecule has 1 fully saturated rings. The second-order valence-corrected chi connectivity index (χ2v) is 5.44. The molecule has 0 unspecified atom stereocenters. The Labute approximate surface area is 132 Å². The van der Waals surface area contributed by atoms with Crippen LogP contribution in [0.4, 0.5) is 0 Å². The molecule has 0 aliphatic carbocycles. The van der Waals surface area contributed by atoms with E-state index in [2.05, 4.69) is 17.6 Å². The maximum absolute atomic E-state index is 12.4. The molecule has 122 valence electrons. The molecule has 0 bridgehead atoms. The lowest BCUT2D eigenvalue weighted by atomic mass is 10.1. The zero-order valence-corrected chi connectivity index (χ0v) is 13.5. The monoisotopic (exact) mass is 306 g/mol. The first-order valence-electron chi connectivity index (χ1n) is 8.15. The van der Waals surface area contributed by atoms with Gasteiger partial charge in [-0.2, -0.15) is 0 Å². The molecule has 0 spiro atoms. The van der Waals surface area contributed by atoms with Gasteiger partial charge in [0.05, 0.1) is 13.2 Å².